The summed E-state index contributed by atoms with van der Waals surface area (Å²) < 4.78 is 0. The van der Waals surface area contributed by atoms with Gasteiger partial charge < -0.3 is 20.4 Å². The third-order valence-corrected chi connectivity index (χ3v) is 3.43. The summed E-state index contributed by atoms with van der Waals surface area (Å²) >= 11 is 0. The number of carbonyl (C=O) groups is 2. The second-order valence-corrected chi connectivity index (χ2v) is 5.18. The average molecular weight is 319 g/mol. The fourth-order valence-electron chi connectivity index (χ4n) is 2.16. The van der Waals surface area contributed by atoms with Gasteiger partial charge in [-0.2, -0.15) is 0 Å². The second kappa shape index (κ2) is 6.91. The quantitative estimate of drug-likeness (QED) is 0.578. The number of aliphatic carboxylic acids is 1. The van der Waals surface area contributed by atoms with E-state index in [4.69, 9.17) is 5.11 Å². The lowest BCUT2D eigenvalue weighted by Crippen LogP contribution is -2.40. The Hall–Kier alpha value is -2.90. The van der Waals surface area contributed by atoms with Gasteiger partial charge in [0.05, 0.1) is 11.0 Å². The van der Waals surface area contributed by atoms with Crippen molar-refractivity contribution in [2.75, 3.05) is 0 Å². The first-order chi connectivity index (χ1) is 10.9. The number of nitrogens with one attached hydrogen (secondary N) is 3. The molecule has 23 heavy (non-hydrogen) atoms. The van der Waals surface area contributed by atoms with Crippen molar-refractivity contribution in [1.82, 2.24) is 15.3 Å². The summed E-state index contributed by atoms with van der Waals surface area (Å²) in [6.07, 6.45) is 1.85. The number of rotatable bonds is 6. The van der Waals surface area contributed by atoms with Gasteiger partial charge in [-0.3, -0.25) is 14.4 Å². The Bertz CT molecular complexity index is 852. The molecule has 1 atom stereocenters. The van der Waals surface area contributed by atoms with Gasteiger partial charge in [0.15, 0.2) is 0 Å². The van der Waals surface area contributed by atoms with Crippen molar-refractivity contribution in [3.8, 4) is 0 Å². The first-order valence-electron chi connectivity index (χ1n) is 7.22. The van der Waals surface area contributed by atoms with Crippen LogP contribution < -0.4 is 16.4 Å². The number of aromatic nitrogens is 2. The SMILES string of the molecule is CCCC[C@H](NC(=O)c1ccc2[nH]c(=O)c(=O)[nH]c2c1)C(=O)O. The van der Waals surface area contributed by atoms with Crippen molar-refractivity contribution < 1.29 is 14.7 Å². The Morgan fingerprint density at radius 1 is 1.17 bits per heavy atom. The molecule has 0 saturated heterocycles. The number of carbonyl (C=O) groups excluding carboxylic acids is 1. The summed E-state index contributed by atoms with van der Waals surface area (Å²) in [7, 11) is 0. The number of aromatic amines is 2. The number of fused-ring (bicyclic) bond motifs is 1. The molecular weight excluding hydrogens is 302 g/mol. The van der Waals surface area contributed by atoms with Gasteiger partial charge in [-0.1, -0.05) is 19.8 Å². The van der Waals surface area contributed by atoms with Crippen LogP contribution in [0.1, 0.15) is 36.5 Å². The molecule has 0 spiro atoms. The van der Waals surface area contributed by atoms with Crippen molar-refractivity contribution in [1.29, 1.82) is 0 Å². The van der Waals surface area contributed by atoms with Crippen LogP contribution in [0.2, 0.25) is 0 Å². The number of carboxylic acids is 1. The van der Waals surface area contributed by atoms with Crippen molar-refractivity contribution in [2.24, 2.45) is 0 Å². The van der Waals surface area contributed by atoms with Crippen molar-refractivity contribution in [3.05, 3.63) is 44.5 Å². The average Bonchev–Trinajstić information content (AvgIpc) is 2.51. The number of amides is 1. The molecule has 0 saturated carbocycles. The number of carboxylic acid groups (broad SMARTS) is 1. The molecule has 1 aromatic heterocycles. The van der Waals surface area contributed by atoms with E-state index in [2.05, 4.69) is 15.3 Å². The fourth-order valence-corrected chi connectivity index (χ4v) is 2.16. The minimum atomic E-state index is -1.09. The fraction of sp³-hybridized carbons (Fsp3) is 0.333. The molecule has 0 fully saturated rings. The molecule has 0 aliphatic heterocycles. The first kappa shape index (κ1) is 16.5. The van der Waals surface area contributed by atoms with Crippen LogP contribution >= 0.6 is 0 Å². The summed E-state index contributed by atoms with van der Waals surface area (Å²) in [6, 6.07) is 3.35. The van der Waals surface area contributed by atoms with Crippen molar-refractivity contribution in [3.63, 3.8) is 0 Å². The number of hydrogen-bond donors (Lipinski definition) is 4. The number of benzene rings is 1. The van der Waals surface area contributed by atoms with E-state index in [1.165, 1.54) is 18.2 Å². The van der Waals surface area contributed by atoms with Crippen molar-refractivity contribution >= 4 is 22.9 Å². The van der Waals surface area contributed by atoms with E-state index in [0.29, 0.717) is 23.9 Å². The number of unbranched alkanes of at least 4 members (excludes halogenated alkanes) is 1. The van der Waals surface area contributed by atoms with Crippen LogP contribution in [0.15, 0.2) is 27.8 Å². The summed E-state index contributed by atoms with van der Waals surface area (Å²) in [4.78, 5) is 50.6. The molecule has 2 aromatic rings. The van der Waals surface area contributed by atoms with Gasteiger partial charge in [0.1, 0.15) is 6.04 Å². The molecule has 0 unspecified atom stereocenters. The Morgan fingerprint density at radius 2 is 1.83 bits per heavy atom. The van der Waals surface area contributed by atoms with Crippen LogP contribution in [-0.4, -0.2) is 33.0 Å². The zero-order valence-electron chi connectivity index (χ0n) is 12.5. The molecule has 8 heteroatoms. The van der Waals surface area contributed by atoms with E-state index < -0.39 is 29.0 Å². The minimum absolute atomic E-state index is 0.197. The number of H-pyrrole nitrogens is 2. The van der Waals surface area contributed by atoms with E-state index in [1.807, 2.05) is 6.92 Å². The highest BCUT2D eigenvalue weighted by Crippen LogP contribution is 2.10. The lowest BCUT2D eigenvalue weighted by Gasteiger charge is -2.14. The lowest BCUT2D eigenvalue weighted by atomic mass is 10.1. The van der Waals surface area contributed by atoms with Crippen LogP contribution in [0.25, 0.3) is 11.0 Å². The van der Waals surface area contributed by atoms with Gasteiger partial charge in [-0.05, 0) is 24.6 Å². The van der Waals surface area contributed by atoms with Gasteiger partial charge in [-0.25, -0.2) is 4.79 Å². The normalized spacial score (nSPS) is 12.0. The van der Waals surface area contributed by atoms with E-state index in [9.17, 15) is 19.2 Å². The highest BCUT2D eigenvalue weighted by Gasteiger charge is 2.20. The molecule has 122 valence electrons. The van der Waals surface area contributed by atoms with E-state index in [-0.39, 0.29) is 5.56 Å². The molecule has 0 radical (unpaired) electrons. The summed E-state index contributed by atoms with van der Waals surface area (Å²) in [5.41, 5.74) is -0.723. The maximum atomic E-state index is 12.2. The predicted molar refractivity (Wildman–Crippen MR) is 83.6 cm³/mol. The van der Waals surface area contributed by atoms with Crippen LogP contribution in [0.3, 0.4) is 0 Å². The Balaban J connectivity index is 2.26. The van der Waals surface area contributed by atoms with Crippen LogP contribution in [0, 0.1) is 0 Å². The third-order valence-electron chi connectivity index (χ3n) is 3.43. The second-order valence-electron chi connectivity index (χ2n) is 5.18. The molecule has 8 nitrogen and oxygen atoms in total. The van der Waals surface area contributed by atoms with Gasteiger partial charge in [-0.15, -0.1) is 0 Å². The van der Waals surface area contributed by atoms with Crippen LogP contribution in [0.5, 0.6) is 0 Å². The maximum absolute atomic E-state index is 12.2. The zero-order valence-corrected chi connectivity index (χ0v) is 12.5. The highest BCUT2D eigenvalue weighted by atomic mass is 16.4. The largest absolute Gasteiger partial charge is 0.480 e. The Kier molecular flexibility index (Phi) is 4.95. The molecule has 4 N–H and O–H groups in total. The summed E-state index contributed by atoms with van der Waals surface area (Å²) in [6.45, 7) is 1.93. The zero-order chi connectivity index (χ0) is 17.0. The standard InChI is InChI=1S/C15H17N3O5/c1-2-3-4-10(15(22)23)17-12(19)8-5-6-9-11(7-8)18-14(21)13(20)16-9/h5-7,10H,2-4H2,1H3,(H,16,20)(H,17,19)(H,18,21)(H,22,23)/t10-/m0/s1. The van der Waals surface area contributed by atoms with E-state index in [0.717, 1.165) is 6.42 Å². The van der Waals surface area contributed by atoms with Gasteiger partial charge in [0, 0.05) is 5.56 Å². The lowest BCUT2D eigenvalue weighted by molar-refractivity contribution is -0.139. The summed E-state index contributed by atoms with van der Waals surface area (Å²) in [5, 5.41) is 11.6. The van der Waals surface area contributed by atoms with Gasteiger partial charge in [0.2, 0.25) is 0 Å². The summed E-state index contributed by atoms with van der Waals surface area (Å²) in [5.74, 6) is -1.65. The molecule has 1 heterocycles. The molecule has 2 rings (SSSR count). The highest BCUT2D eigenvalue weighted by molar-refractivity contribution is 5.99. The van der Waals surface area contributed by atoms with E-state index >= 15 is 0 Å². The molecule has 0 aliphatic carbocycles. The van der Waals surface area contributed by atoms with Crippen LogP contribution in [0.4, 0.5) is 0 Å². The van der Waals surface area contributed by atoms with Gasteiger partial charge >= 0.3 is 17.1 Å². The van der Waals surface area contributed by atoms with Crippen molar-refractivity contribution in [2.45, 2.75) is 32.2 Å². The van der Waals surface area contributed by atoms with E-state index in [1.54, 1.807) is 0 Å². The monoisotopic (exact) mass is 319 g/mol. The third kappa shape index (κ3) is 3.85. The molecular formula is C15H17N3O5. The molecule has 1 aromatic carbocycles. The Labute approximate surface area is 130 Å². The maximum Gasteiger partial charge on any atom is 0.326 e. The minimum Gasteiger partial charge on any atom is -0.480 e. The van der Waals surface area contributed by atoms with Gasteiger partial charge in [0.25, 0.3) is 5.91 Å². The number of hydrogen-bond acceptors (Lipinski definition) is 4. The smallest absolute Gasteiger partial charge is 0.326 e. The van der Waals surface area contributed by atoms with Crippen LogP contribution in [-0.2, 0) is 4.79 Å². The molecule has 0 bridgehead atoms. The molecule has 0 aliphatic rings. The topological polar surface area (TPSA) is 132 Å². The molecule has 1 amide bonds. The first-order valence-corrected chi connectivity index (χ1v) is 7.22. The Morgan fingerprint density at radius 3 is 2.43 bits per heavy atom. The predicted octanol–water partition coefficient (Wildman–Crippen LogP) is 0.590.